The van der Waals surface area contributed by atoms with Crippen LogP contribution in [0.4, 0.5) is 0 Å². The van der Waals surface area contributed by atoms with Gasteiger partial charge in [0.05, 0.1) is 5.75 Å². The number of sulfonamides is 1. The second-order valence-electron chi connectivity index (χ2n) is 5.40. The van der Waals surface area contributed by atoms with Crippen LogP contribution < -0.4 is 10.0 Å². The maximum absolute atomic E-state index is 11.8. The molecule has 0 spiro atoms. The minimum absolute atomic E-state index is 0.0133. The fourth-order valence-corrected chi connectivity index (χ4v) is 3.50. The molecule has 0 bridgehead atoms. The highest BCUT2D eigenvalue weighted by atomic mass is 32.2. The molecule has 102 valence electrons. The van der Waals surface area contributed by atoms with Gasteiger partial charge in [0, 0.05) is 12.1 Å². The Morgan fingerprint density at radius 1 is 1.29 bits per heavy atom. The van der Waals surface area contributed by atoms with Crippen LogP contribution in [0.25, 0.3) is 0 Å². The molecule has 2 unspecified atom stereocenters. The summed E-state index contributed by atoms with van der Waals surface area (Å²) < 4.78 is 26.4. The summed E-state index contributed by atoms with van der Waals surface area (Å²) in [5, 5.41) is 3.38. The molecule has 2 N–H and O–H groups in total. The van der Waals surface area contributed by atoms with Gasteiger partial charge in [0.15, 0.2) is 0 Å². The van der Waals surface area contributed by atoms with Gasteiger partial charge in [0.1, 0.15) is 0 Å². The predicted molar refractivity (Wildman–Crippen MR) is 71.5 cm³/mol. The minimum atomic E-state index is -3.12. The van der Waals surface area contributed by atoms with Gasteiger partial charge in [0.25, 0.3) is 0 Å². The zero-order chi connectivity index (χ0) is 12.9. The van der Waals surface area contributed by atoms with Gasteiger partial charge in [-0.3, -0.25) is 0 Å². The molecule has 5 heteroatoms. The molecule has 0 saturated carbocycles. The summed E-state index contributed by atoms with van der Waals surface area (Å²) in [4.78, 5) is 0. The second kappa shape index (κ2) is 6.71. The van der Waals surface area contributed by atoms with Crippen LogP contribution in [0, 0.1) is 5.92 Å². The molecule has 2 atom stereocenters. The average molecular weight is 262 g/mol. The lowest BCUT2D eigenvalue weighted by molar-refractivity contribution is 0.391. The predicted octanol–water partition coefficient (Wildman–Crippen LogP) is 1.48. The van der Waals surface area contributed by atoms with E-state index in [1.165, 1.54) is 12.8 Å². The van der Waals surface area contributed by atoms with E-state index in [2.05, 4.69) is 10.0 Å². The van der Waals surface area contributed by atoms with Gasteiger partial charge in [-0.15, -0.1) is 0 Å². The molecule has 1 saturated heterocycles. The SMILES string of the molecule is CC(C)C(C)NS(=O)(=O)CCC1CCCCN1. The fraction of sp³-hybridized carbons (Fsp3) is 1.00. The molecule has 0 aromatic carbocycles. The Labute approximate surface area is 106 Å². The summed E-state index contributed by atoms with van der Waals surface area (Å²) in [5.74, 6) is 0.569. The summed E-state index contributed by atoms with van der Waals surface area (Å²) >= 11 is 0. The molecule has 0 aromatic rings. The Bertz CT molecular complexity index is 308. The number of hydrogen-bond acceptors (Lipinski definition) is 3. The Morgan fingerprint density at radius 3 is 2.53 bits per heavy atom. The van der Waals surface area contributed by atoms with Crippen molar-refractivity contribution >= 4 is 10.0 Å². The van der Waals surface area contributed by atoms with E-state index in [0.717, 1.165) is 19.4 Å². The van der Waals surface area contributed by atoms with Crippen LogP contribution in [-0.4, -0.2) is 32.8 Å². The second-order valence-corrected chi connectivity index (χ2v) is 7.28. The van der Waals surface area contributed by atoms with Crippen molar-refractivity contribution in [3.05, 3.63) is 0 Å². The van der Waals surface area contributed by atoms with E-state index < -0.39 is 10.0 Å². The van der Waals surface area contributed by atoms with Crippen molar-refractivity contribution in [3.63, 3.8) is 0 Å². The van der Waals surface area contributed by atoms with E-state index in [-0.39, 0.29) is 11.8 Å². The molecule has 1 heterocycles. The normalized spacial score (nSPS) is 23.9. The highest BCUT2D eigenvalue weighted by Crippen LogP contribution is 2.11. The summed E-state index contributed by atoms with van der Waals surface area (Å²) in [6, 6.07) is 0.397. The summed E-state index contributed by atoms with van der Waals surface area (Å²) in [6.45, 7) is 6.99. The average Bonchev–Trinajstić information content (AvgIpc) is 2.27. The van der Waals surface area contributed by atoms with Gasteiger partial charge >= 0.3 is 0 Å². The molecule has 4 nitrogen and oxygen atoms in total. The number of nitrogens with one attached hydrogen (secondary N) is 2. The summed E-state index contributed by atoms with van der Waals surface area (Å²) in [6.07, 6.45) is 4.26. The molecule has 1 fully saturated rings. The van der Waals surface area contributed by atoms with Crippen LogP contribution in [0.15, 0.2) is 0 Å². The summed E-state index contributed by atoms with van der Waals surface area (Å²) in [7, 11) is -3.12. The molecular formula is C12H26N2O2S. The Hall–Kier alpha value is -0.130. The van der Waals surface area contributed by atoms with Crippen LogP contribution >= 0.6 is 0 Å². The van der Waals surface area contributed by atoms with Crippen LogP contribution in [0.1, 0.15) is 46.5 Å². The molecule has 0 aromatic heterocycles. The Kier molecular flexibility index (Phi) is 5.89. The summed E-state index contributed by atoms with van der Waals surface area (Å²) in [5.41, 5.74) is 0. The van der Waals surface area contributed by atoms with Gasteiger partial charge in [-0.05, 0) is 38.6 Å². The number of hydrogen-bond donors (Lipinski definition) is 2. The first-order valence-corrected chi connectivity index (χ1v) is 8.29. The van der Waals surface area contributed by atoms with Gasteiger partial charge in [-0.25, -0.2) is 13.1 Å². The molecule has 0 amide bonds. The van der Waals surface area contributed by atoms with E-state index in [0.29, 0.717) is 12.0 Å². The topological polar surface area (TPSA) is 58.2 Å². The highest BCUT2D eigenvalue weighted by molar-refractivity contribution is 7.89. The molecule has 1 aliphatic rings. The van der Waals surface area contributed by atoms with Gasteiger partial charge in [0.2, 0.25) is 10.0 Å². The largest absolute Gasteiger partial charge is 0.314 e. The lowest BCUT2D eigenvalue weighted by atomic mass is 10.0. The zero-order valence-corrected chi connectivity index (χ0v) is 12.0. The van der Waals surface area contributed by atoms with E-state index in [1.807, 2.05) is 20.8 Å². The van der Waals surface area contributed by atoms with Crippen molar-refractivity contribution in [1.29, 1.82) is 0 Å². The minimum Gasteiger partial charge on any atom is -0.314 e. The van der Waals surface area contributed by atoms with Gasteiger partial charge < -0.3 is 5.32 Å². The van der Waals surface area contributed by atoms with Crippen LogP contribution in [-0.2, 0) is 10.0 Å². The standard InChI is InChI=1S/C12H26N2O2S/c1-10(2)11(3)14-17(15,16)9-7-12-6-4-5-8-13-12/h10-14H,4-9H2,1-3H3. The van der Waals surface area contributed by atoms with Crippen LogP contribution in [0.3, 0.4) is 0 Å². The number of rotatable bonds is 6. The van der Waals surface area contributed by atoms with E-state index in [9.17, 15) is 8.42 Å². The lowest BCUT2D eigenvalue weighted by Crippen LogP contribution is -2.40. The maximum atomic E-state index is 11.8. The lowest BCUT2D eigenvalue weighted by Gasteiger charge is -2.24. The molecule has 0 radical (unpaired) electrons. The van der Waals surface area contributed by atoms with Crippen LogP contribution in [0.5, 0.6) is 0 Å². The molecule has 1 rings (SSSR count). The third kappa shape index (κ3) is 5.84. The van der Waals surface area contributed by atoms with Gasteiger partial charge in [-0.1, -0.05) is 20.3 Å². The fourth-order valence-electron chi connectivity index (χ4n) is 1.95. The number of piperidine rings is 1. The Balaban J connectivity index is 2.33. The van der Waals surface area contributed by atoms with Crippen molar-refractivity contribution < 1.29 is 8.42 Å². The molecular weight excluding hydrogens is 236 g/mol. The van der Waals surface area contributed by atoms with Crippen molar-refractivity contribution in [2.24, 2.45) is 5.92 Å². The van der Waals surface area contributed by atoms with Crippen LogP contribution in [0.2, 0.25) is 0 Å². The van der Waals surface area contributed by atoms with Crippen molar-refractivity contribution in [1.82, 2.24) is 10.0 Å². The highest BCUT2D eigenvalue weighted by Gasteiger charge is 2.20. The van der Waals surface area contributed by atoms with E-state index in [1.54, 1.807) is 0 Å². The quantitative estimate of drug-likeness (QED) is 0.762. The molecule has 1 aliphatic heterocycles. The molecule has 17 heavy (non-hydrogen) atoms. The first-order chi connectivity index (χ1) is 7.91. The monoisotopic (exact) mass is 262 g/mol. The van der Waals surface area contributed by atoms with E-state index >= 15 is 0 Å². The first-order valence-electron chi connectivity index (χ1n) is 6.64. The first kappa shape index (κ1) is 14.9. The maximum Gasteiger partial charge on any atom is 0.211 e. The third-order valence-corrected chi connectivity index (χ3v) is 5.02. The zero-order valence-electron chi connectivity index (χ0n) is 11.2. The third-order valence-electron chi connectivity index (χ3n) is 3.51. The van der Waals surface area contributed by atoms with Gasteiger partial charge in [-0.2, -0.15) is 0 Å². The molecule has 0 aliphatic carbocycles. The van der Waals surface area contributed by atoms with Crippen molar-refractivity contribution in [2.75, 3.05) is 12.3 Å². The van der Waals surface area contributed by atoms with Crippen molar-refractivity contribution in [3.8, 4) is 0 Å². The smallest absolute Gasteiger partial charge is 0.211 e. The van der Waals surface area contributed by atoms with Crippen molar-refractivity contribution in [2.45, 2.75) is 58.5 Å². The van der Waals surface area contributed by atoms with E-state index in [4.69, 9.17) is 0 Å². The Morgan fingerprint density at radius 2 is 2.00 bits per heavy atom.